The smallest absolute Gasteiger partial charge is 0.249 e. The number of aryl methyl sites for hydroxylation is 1. The lowest BCUT2D eigenvalue weighted by Gasteiger charge is -2.35. The molecule has 0 radical (unpaired) electrons. The Morgan fingerprint density at radius 3 is 2.62 bits per heavy atom. The predicted molar refractivity (Wildman–Crippen MR) is 44.5 cm³/mol. The van der Waals surface area contributed by atoms with Gasteiger partial charge in [0.15, 0.2) is 0 Å². The second-order valence-corrected chi connectivity index (χ2v) is 3.57. The van der Waals surface area contributed by atoms with Gasteiger partial charge in [0, 0.05) is 25.8 Å². The lowest BCUT2D eigenvalue weighted by molar-refractivity contribution is -0.0880. The summed E-state index contributed by atoms with van der Waals surface area (Å²) < 4.78 is 26.7. The van der Waals surface area contributed by atoms with Gasteiger partial charge in [0.25, 0.3) is 0 Å². The molecule has 1 aromatic rings. The fourth-order valence-corrected chi connectivity index (χ4v) is 1.82. The van der Waals surface area contributed by atoms with E-state index in [-0.39, 0.29) is 18.8 Å². The molecule has 5 heteroatoms. The highest BCUT2D eigenvalue weighted by atomic mass is 19.3. The summed E-state index contributed by atoms with van der Waals surface area (Å²) in [6, 6.07) is 0. The van der Waals surface area contributed by atoms with E-state index in [1.165, 1.54) is 6.20 Å². The van der Waals surface area contributed by atoms with Gasteiger partial charge in [-0.2, -0.15) is 5.10 Å². The van der Waals surface area contributed by atoms with Gasteiger partial charge in [-0.1, -0.05) is 0 Å². The van der Waals surface area contributed by atoms with Crippen molar-refractivity contribution in [2.45, 2.75) is 24.7 Å². The summed E-state index contributed by atoms with van der Waals surface area (Å²) in [7, 11) is 1.72. The number of anilines is 1. The average molecular weight is 187 g/mol. The van der Waals surface area contributed by atoms with Crippen LogP contribution in [0.2, 0.25) is 0 Å². The number of hydrogen-bond acceptors (Lipinski definition) is 2. The zero-order valence-electron chi connectivity index (χ0n) is 7.30. The standard InChI is InChI=1S/C8H11F2N3/c1-13-7(6(11)4-12-13)5-2-8(9,10)3-5/h4-5H,2-3,11H2,1H3. The molecule has 1 heterocycles. The molecule has 0 spiro atoms. The third-order valence-electron chi connectivity index (χ3n) is 2.49. The van der Waals surface area contributed by atoms with E-state index in [2.05, 4.69) is 5.10 Å². The first-order valence-corrected chi connectivity index (χ1v) is 4.15. The predicted octanol–water partition coefficient (Wildman–Crippen LogP) is 1.52. The number of halogens is 2. The molecule has 0 atom stereocenters. The summed E-state index contributed by atoms with van der Waals surface area (Å²) >= 11 is 0. The molecule has 0 aliphatic heterocycles. The van der Waals surface area contributed by atoms with E-state index in [0.29, 0.717) is 5.69 Å². The van der Waals surface area contributed by atoms with Crippen molar-refractivity contribution in [3.63, 3.8) is 0 Å². The molecule has 0 saturated heterocycles. The van der Waals surface area contributed by atoms with Crippen LogP contribution in [0.25, 0.3) is 0 Å². The Morgan fingerprint density at radius 2 is 2.23 bits per heavy atom. The molecular weight excluding hydrogens is 176 g/mol. The van der Waals surface area contributed by atoms with Gasteiger partial charge in [-0.15, -0.1) is 0 Å². The number of nitrogens with two attached hydrogens (primary N) is 1. The van der Waals surface area contributed by atoms with Crippen molar-refractivity contribution >= 4 is 5.69 Å². The van der Waals surface area contributed by atoms with Crippen molar-refractivity contribution in [3.05, 3.63) is 11.9 Å². The van der Waals surface area contributed by atoms with E-state index in [1.54, 1.807) is 11.7 Å². The van der Waals surface area contributed by atoms with E-state index in [9.17, 15) is 8.78 Å². The first-order valence-electron chi connectivity index (χ1n) is 4.15. The summed E-state index contributed by atoms with van der Waals surface area (Å²) in [5.74, 6) is -2.62. The highest BCUT2D eigenvalue weighted by Gasteiger charge is 2.47. The summed E-state index contributed by atoms with van der Waals surface area (Å²) in [6.45, 7) is 0. The van der Waals surface area contributed by atoms with E-state index in [0.717, 1.165) is 5.69 Å². The maximum atomic E-state index is 12.6. The molecule has 1 aliphatic carbocycles. The fraction of sp³-hybridized carbons (Fsp3) is 0.625. The number of hydrogen-bond donors (Lipinski definition) is 1. The Balaban J connectivity index is 2.20. The highest BCUT2D eigenvalue weighted by molar-refractivity contribution is 5.44. The number of aromatic nitrogens is 2. The molecule has 1 fully saturated rings. The zero-order chi connectivity index (χ0) is 9.64. The van der Waals surface area contributed by atoms with Gasteiger partial charge in [0.2, 0.25) is 5.92 Å². The lowest BCUT2D eigenvalue weighted by atomic mass is 9.79. The third kappa shape index (κ3) is 1.28. The number of nitrogens with zero attached hydrogens (tertiary/aromatic N) is 2. The van der Waals surface area contributed by atoms with Gasteiger partial charge in [0.05, 0.1) is 17.6 Å². The maximum absolute atomic E-state index is 12.6. The summed E-state index contributed by atoms with van der Waals surface area (Å²) in [5.41, 5.74) is 6.87. The molecule has 3 nitrogen and oxygen atoms in total. The molecule has 2 N–H and O–H groups in total. The molecule has 13 heavy (non-hydrogen) atoms. The van der Waals surface area contributed by atoms with Crippen LogP contribution in [-0.2, 0) is 7.05 Å². The molecule has 1 aromatic heterocycles. The van der Waals surface area contributed by atoms with Gasteiger partial charge >= 0.3 is 0 Å². The largest absolute Gasteiger partial charge is 0.396 e. The molecule has 0 aromatic carbocycles. The molecule has 0 unspecified atom stereocenters. The van der Waals surface area contributed by atoms with E-state index < -0.39 is 5.92 Å². The molecule has 0 bridgehead atoms. The minimum absolute atomic E-state index is 0.100. The van der Waals surface area contributed by atoms with Crippen molar-refractivity contribution in [2.24, 2.45) is 7.05 Å². The van der Waals surface area contributed by atoms with Gasteiger partial charge in [0.1, 0.15) is 0 Å². The zero-order valence-corrected chi connectivity index (χ0v) is 7.30. The Bertz CT molecular complexity index is 305. The average Bonchev–Trinajstić information content (AvgIpc) is 2.26. The van der Waals surface area contributed by atoms with Gasteiger partial charge < -0.3 is 5.73 Å². The second-order valence-electron chi connectivity index (χ2n) is 3.57. The van der Waals surface area contributed by atoms with Crippen molar-refractivity contribution in [1.29, 1.82) is 0 Å². The lowest BCUT2D eigenvalue weighted by Crippen LogP contribution is -2.35. The van der Waals surface area contributed by atoms with Crippen LogP contribution in [0.15, 0.2) is 6.20 Å². The second kappa shape index (κ2) is 2.43. The van der Waals surface area contributed by atoms with E-state index >= 15 is 0 Å². The first-order chi connectivity index (χ1) is 5.99. The molecule has 1 saturated carbocycles. The van der Waals surface area contributed by atoms with E-state index in [1.807, 2.05) is 0 Å². The van der Waals surface area contributed by atoms with Crippen LogP contribution in [0.5, 0.6) is 0 Å². The normalized spacial score (nSPS) is 21.5. The van der Waals surface area contributed by atoms with Crippen LogP contribution in [0.1, 0.15) is 24.5 Å². The van der Waals surface area contributed by atoms with Gasteiger partial charge in [-0.3, -0.25) is 4.68 Å². The number of nitrogen functional groups attached to an aromatic ring is 1. The Morgan fingerprint density at radius 1 is 1.62 bits per heavy atom. The SMILES string of the molecule is Cn1ncc(N)c1C1CC(F)(F)C1. The Labute approximate surface area is 74.5 Å². The van der Waals surface area contributed by atoms with Crippen LogP contribution in [0.3, 0.4) is 0 Å². The summed E-state index contributed by atoms with van der Waals surface area (Å²) in [6.07, 6.45) is 1.30. The van der Waals surface area contributed by atoms with Gasteiger partial charge in [-0.25, -0.2) is 8.78 Å². The summed E-state index contributed by atoms with van der Waals surface area (Å²) in [4.78, 5) is 0. The summed E-state index contributed by atoms with van der Waals surface area (Å²) in [5, 5.41) is 3.91. The van der Waals surface area contributed by atoms with Crippen LogP contribution in [0, 0.1) is 0 Å². The minimum atomic E-state index is -2.50. The van der Waals surface area contributed by atoms with E-state index in [4.69, 9.17) is 5.73 Å². The molecule has 0 amide bonds. The minimum Gasteiger partial charge on any atom is -0.396 e. The fourth-order valence-electron chi connectivity index (χ4n) is 1.82. The molecule has 1 aliphatic rings. The number of rotatable bonds is 1. The Hall–Kier alpha value is -1.13. The molecular formula is C8H11F2N3. The van der Waals surface area contributed by atoms with Crippen molar-refractivity contribution in [3.8, 4) is 0 Å². The van der Waals surface area contributed by atoms with Crippen LogP contribution >= 0.6 is 0 Å². The van der Waals surface area contributed by atoms with Crippen molar-refractivity contribution < 1.29 is 8.78 Å². The molecule has 72 valence electrons. The van der Waals surface area contributed by atoms with Gasteiger partial charge in [-0.05, 0) is 0 Å². The first kappa shape index (κ1) is 8.47. The van der Waals surface area contributed by atoms with Crippen LogP contribution in [-0.4, -0.2) is 15.7 Å². The number of alkyl halides is 2. The monoisotopic (exact) mass is 187 g/mol. The maximum Gasteiger partial charge on any atom is 0.249 e. The van der Waals surface area contributed by atoms with Crippen LogP contribution in [0.4, 0.5) is 14.5 Å². The third-order valence-corrected chi connectivity index (χ3v) is 2.49. The topological polar surface area (TPSA) is 43.8 Å². The van der Waals surface area contributed by atoms with Crippen molar-refractivity contribution in [2.75, 3.05) is 5.73 Å². The quantitative estimate of drug-likeness (QED) is 0.724. The molecule has 2 rings (SSSR count). The van der Waals surface area contributed by atoms with Crippen LogP contribution < -0.4 is 5.73 Å². The van der Waals surface area contributed by atoms with Crippen molar-refractivity contribution in [1.82, 2.24) is 9.78 Å². The highest BCUT2D eigenvalue weighted by Crippen LogP contribution is 2.49. The Kier molecular flexibility index (Phi) is 1.58.